The highest BCUT2D eigenvalue weighted by atomic mass is 35.5. The molecule has 1 heterocycles. The van der Waals surface area contributed by atoms with Crippen LogP contribution in [-0.2, 0) is 4.74 Å². The lowest BCUT2D eigenvalue weighted by Gasteiger charge is -2.15. The van der Waals surface area contributed by atoms with Gasteiger partial charge in [0.25, 0.3) is 5.91 Å². The number of methoxy groups -OCH3 is 1. The summed E-state index contributed by atoms with van der Waals surface area (Å²) in [5.41, 5.74) is 4.07. The van der Waals surface area contributed by atoms with Crippen molar-refractivity contribution in [1.29, 1.82) is 0 Å². The molecule has 27 heavy (non-hydrogen) atoms. The van der Waals surface area contributed by atoms with Gasteiger partial charge in [-0.1, -0.05) is 17.7 Å². The number of carbonyl (C=O) groups is 1. The molecule has 0 radical (unpaired) electrons. The number of ether oxygens (including phenoxy) is 1. The monoisotopic (exact) mass is 385 g/mol. The lowest BCUT2D eigenvalue weighted by molar-refractivity contribution is 0.0905. The van der Waals surface area contributed by atoms with Gasteiger partial charge in [0.05, 0.1) is 12.3 Å². The lowest BCUT2D eigenvalue weighted by atomic mass is 9.97. The molecule has 1 N–H and O–H groups in total. The van der Waals surface area contributed by atoms with Crippen LogP contribution in [0.5, 0.6) is 0 Å². The van der Waals surface area contributed by atoms with E-state index in [9.17, 15) is 4.79 Å². The molecule has 0 saturated heterocycles. The Morgan fingerprint density at radius 3 is 2.78 bits per heavy atom. The summed E-state index contributed by atoms with van der Waals surface area (Å²) in [6.07, 6.45) is 1.49. The summed E-state index contributed by atoms with van der Waals surface area (Å²) in [4.78, 5) is 12.7. The first-order chi connectivity index (χ1) is 13.0. The minimum atomic E-state index is -0.192. The third-order valence-electron chi connectivity index (χ3n) is 4.09. The Labute approximate surface area is 162 Å². The van der Waals surface area contributed by atoms with E-state index in [1.807, 2.05) is 44.2 Å². The average Bonchev–Trinajstić information content (AvgIpc) is 3.16. The molecule has 1 aromatic heterocycles. The quantitative estimate of drug-likeness (QED) is 0.705. The number of nitrogens with zero attached hydrogens (tertiary/aromatic N) is 4. The standard InChI is InChI=1S/C19H20ClN5O2/c1-12-6-16(20)4-5-18(12)14-7-15(19(26)22-13(2)10-27-3)9-17(8-14)25-11-21-23-24-25/h4-9,11,13H,10H2,1-3H3,(H,22,26). The van der Waals surface area contributed by atoms with E-state index in [1.54, 1.807) is 13.2 Å². The molecule has 1 unspecified atom stereocenters. The zero-order valence-electron chi connectivity index (χ0n) is 15.3. The molecule has 0 spiro atoms. The van der Waals surface area contributed by atoms with Gasteiger partial charge in [0.15, 0.2) is 0 Å². The Hall–Kier alpha value is -2.77. The molecule has 2 aromatic carbocycles. The van der Waals surface area contributed by atoms with Crippen molar-refractivity contribution in [3.63, 3.8) is 0 Å². The molecule has 7 nitrogen and oxygen atoms in total. The maximum absolute atomic E-state index is 12.7. The van der Waals surface area contributed by atoms with Crippen LogP contribution in [0.25, 0.3) is 16.8 Å². The number of benzene rings is 2. The van der Waals surface area contributed by atoms with E-state index in [4.69, 9.17) is 16.3 Å². The van der Waals surface area contributed by atoms with Crippen LogP contribution in [0.15, 0.2) is 42.7 Å². The SMILES string of the molecule is COCC(C)NC(=O)c1cc(-c2ccc(Cl)cc2C)cc(-n2cnnn2)c1. The van der Waals surface area contributed by atoms with Crippen LogP contribution < -0.4 is 5.32 Å². The van der Waals surface area contributed by atoms with Gasteiger partial charge in [-0.25, -0.2) is 4.68 Å². The predicted octanol–water partition coefficient (Wildman–Crippen LogP) is 3.06. The zero-order chi connectivity index (χ0) is 19.4. The number of hydrogen-bond acceptors (Lipinski definition) is 5. The van der Waals surface area contributed by atoms with E-state index < -0.39 is 0 Å². The summed E-state index contributed by atoms with van der Waals surface area (Å²) in [7, 11) is 1.60. The largest absolute Gasteiger partial charge is 0.383 e. The molecule has 0 aliphatic carbocycles. The van der Waals surface area contributed by atoms with Crippen molar-refractivity contribution >= 4 is 17.5 Å². The highest BCUT2D eigenvalue weighted by molar-refractivity contribution is 6.30. The van der Waals surface area contributed by atoms with Crippen LogP contribution in [0.3, 0.4) is 0 Å². The van der Waals surface area contributed by atoms with E-state index in [-0.39, 0.29) is 11.9 Å². The van der Waals surface area contributed by atoms with Crippen LogP contribution >= 0.6 is 11.6 Å². The Morgan fingerprint density at radius 1 is 1.30 bits per heavy atom. The molecule has 0 fully saturated rings. The first-order valence-corrected chi connectivity index (χ1v) is 8.80. The number of halogens is 1. The summed E-state index contributed by atoms with van der Waals surface area (Å²) < 4.78 is 6.60. The van der Waals surface area contributed by atoms with Crippen molar-refractivity contribution in [2.75, 3.05) is 13.7 Å². The number of aryl methyl sites for hydroxylation is 1. The molecule has 1 amide bonds. The van der Waals surface area contributed by atoms with Crippen molar-refractivity contribution in [3.8, 4) is 16.8 Å². The molecular formula is C19H20ClN5O2. The van der Waals surface area contributed by atoms with Gasteiger partial charge in [-0.15, -0.1) is 5.10 Å². The minimum Gasteiger partial charge on any atom is -0.383 e. The Morgan fingerprint density at radius 2 is 2.11 bits per heavy atom. The van der Waals surface area contributed by atoms with Crippen LogP contribution in [0, 0.1) is 6.92 Å². The summed E-state index contributed by atoms with van der Waals surface area (Å²) in [6.45, 7) is 4.30. The molecule has 8 heteroatoms. The lowest BCUT2D eigenvalue weighted by Crippen LogP contribution is -2.35. The second-order valence-corrected chi connectivity index (χ2v) is 6.75. The third kappa shape index (κ3) is 4.50. The van der Waals surface area contributed by atoms with Crippen LogP contribution in [0.2, 0.25) is 5.02 Å². The Bertz CT molecular complexity index is 943. The second-order valence-electron chi connectivity index (χ2n) is 6.31. The van der Waals surface area contributed by atoms with Crippen LogP contribution in [-0.4, -0.2) is 45.9 Å². The number of nitrogens with one attached hydrogen (secondary N) is 1. The van der Waals surface area contributed by atoms with E-state index >= 15 is 0 Å². The maximum atomic E-state index is 12.7. The molecule has 0 aliphatic heterocycles. The highest BCUT2D eigenvalue weighted by Crippen LogP contribution is 2.28. The number of hydrogen-bond donors (Lipinski definition) is 1. The van der Waals surface area contributed by atoms with Crippen molar-refractivity contribution in [2.45, 2.75) is 19.9 Å². The summed E-state index contributed by atoms with van der Waals surface area (Å²) in [5.74, 6) is -0.192. The van der Waals surface area contributed by atoms with E-state index in [0.29, 0.717) is 22.9 Å². The Balaban J connectivity index is 2.05. The van der Waals surface area contributed by atoms with Crippen molar-refractivity contribution in [1.82, 2.24) is 25.5 Å². The number of tetrazole rings is 1. The maximum Gasteiger partial charge on any atom is 0.251 e. The van der Waals surface area contributed by atoms with Gasteiger partial charge in [0, 0.05) is 23.7 Å². The second kappa shape index (κ2) is 8.28. The zero-order valence-corrected chi connectivity index (χ0v) is 16.1. The van der Waals surface area contributed by atoms with Gasteiger partial charge in [-0.3, -0.25) is 4.79 Å². The molecule has 1 atom stereocenters. The molecule has 3 rings (SSSR count). The number of amides is 1. The van der Waals surface area contributed by atoms with Gasteiger partial charge in [-0.2, -0.15) is 0 Å². The van der Waals surface area contributed by atoms with Gasteiger partial charge in [0.1, 0.15) is 6.33 Å². The van der Waals surface area contributed by atoms with Crippen molar-refractivity contribution < 1.29 is 9.53 Å². The van der Waals surface area contributed by atoms with Crippen molar-refractivity contribution in [3.05, 3.63) is 58.9 Å². The number of carbonyl (C=O) groups excluding carboxylic acids is 1. The summed E-state index contributed by atoms with van der Waals surface area (Å²) in [5, 5.41) is 14.9. The normalized spacial score (nSPS) is 12.0. The molecule has 0 aliphatic rings. The molecule has 3 aromatic rings. The van der Waals surface area contributed by atoms with E-state index in [2.05, 4.69) is 20.8 Å². The topological polar surface area (TPSA) is 81.9 Å². The number of aromatic nitrogens is 4. The van der Waals surface area contributed by atoms with Crippen LogP contribution in [0.1, 0.15) is 22.8 Å². The minimum absolute atomic E-state index is 0.111. The third-order valence-corrected chi connectivity index (χ3v) is 4.32. The Kier molecular flexibility index (Phi) is 5.83. The van der Waals surface area contributed by atoms with Gasteiger partial charge in [0.2, 0.25) is 0 Å². The molecule has 0 saturated carbocycles. The fourth-order valence-corrected chi connectivity index (χ4v) is 3.09. The number of rotatable bonds is 6. The highest BCUT2D eigenvalue weighted by Gasteiger charge is 2.14. The fraction of sp³-hybridized carbons (Fsp3) is 0.263. The molecular weight excluding hydrogens is 366 g/mol. The van der Waals surface area contributed by atoms with Gasteiger partial charge >= 0.3 is 0 Å². The van der Waals surface area contributed by atoms with E-state index in [0.717, 1.165) is 16.7 Å². The predicted molar refractivity (Wildman–Crippen MR) is 103 cm³/mol. The van der Waals surface area contributed by atoms with Gasteiger partial charge in [-0.05, 0) is 71.3 Å². The smallest absolute Gasteiger partial charge is 0.251 e. The first-order valence-electron chi connectivity index (χ1n) is 8.42. The first kappa shape index (κ1) is 19.0. The fourth-order valence-electron chi connectivity index (χ4n) is 2.86. The molecule has 0 bridgehead atoms. The van der Waals surface area contributed by atoms with E-state index in [1.165, 1.54) is 11.0 Å². The summed E-state index contributed by atoms with van der Waals surface area (Å²) in [6, 6.07) is 11.1. The van der Waals surface area contributed by atoms with Crippen LogP contribution in [0.4, 0.5) is 0 Å². The van der Waals surface area contributed by atoms with Crippen molar-refractivity contribution in [2.24, 2.45) is 0 Å². The average molecular weight is 386 g/mol. The summed E-state index contributed by atoms with van der Waals surface area (Å²) >= 11 is 6.08. The van der Waals surface area contributed by atoms with Gasteiger partial charge < -0.3 is 10.1 Å². The molecule has 140 valence electrons.